The summed E-state index contributed by atoms with van der Waals surface area (Å²) in [6.07, 6.45) is 0.0321. The molecule has 0 aliphatic carbocycles. The highest BCUT2D eigenvalue weighted by molar-refractivity contribution is 5.90. The van der Waals surface area contributed by atoms with Gasteiger partial charge in [-0.3, -0.25) is 9.63 Å². The van der Waals surface area contributed by atoms with E-state index in [-0.39, 0.29) is 11.3 Å². The molecule has 104 valence electrons. The minimum absolute atomic E-state index is 0.118. The van der Waals surface area contributed by atoms with E-state index in [9.17, 15) is 13.6 Å². The Kier molecular flexibility index (Phi) is 5.44. The van der Waals surface area contributed by atoms with Crippen molar-refractivity contribution in [3.05, 3.63) is 35.4 Å². The van der Waals surface area contributed by atoms with Gasteiger partial charge in [0.2, 0.25) is 0 Å². The van der Waals surface area contributed by atoms with Crippen molar-refractivity contribution in [1.29, 1.82) is 0 Å². The first kappa shape index (κ1) is 15.1. The number of methoxy groups -OCH3 is 1. The largest absolute Gasteiger partial charge is 0.496 e. The number of halogens is 2. The highest BCUT2D eigenvalue weighted by Gasteiger charge is 2.13. The fourth-order valence-electron chi connectivity index (χ4n) is 1.39. The predicted octanol–water partition coefficient (Wildman–Crippen LogP) is 2.67. The molecule has 1 aromatic carbocycles. The smallest absolute Gasteiger partial charge is 0.269 e. The molecule has 0 aliphatic heterocycles. The van der Waals surface area contributed by atoms with Crippen LogP contribution in [0.5, 0.6) is 5.75 Å². The van der Waals surface area contributed by atoms with Gasteiger partial charge in [-0.05, 0) is 23.8 Å². The van der Waals surface area contributed by atoms with Gasteiger partial charge in [0.25, 0.3) is 12.3 Å². The van der Waals surface area contributed by atoms with Crippen LogP contribution in [-0.2, 0) is 9.63 Å². The number of likely N-dealkylation sites (N-methyl/N-ethyl adjacent to an activating group) is 1. The molecule has 0 radical (unpaired) electrons. The number of carbonyl (C=O) groups excluding carboxylic acids is 1. The zero-order chi connectivity index (χ0) is 14.4. The van der Waals surface area contributed by atoms with Crippen LogP contribution in [0.2, 0.25) is 0 Å². The number of nitrogens with zero attached hydrogens (tertiary/aromatic N) is 1. The molecule has 0 N–H and O–H groups in total. The third kappa shape index (κ3) is 4.03. The Morgan fingerprint density at radius 2 is 2.05 bits per heavy atom. The summed E-state index contributed by atoms with van der Waals surface area (Å²) in [6.45, 7) is 0. The maximum Gasteiger partial charge on any atom is 0.269 e. The molecule has 1 aromatic rings. The first-order valence-corrected chi connectivity index (χ1v) is 5.45. The van der Waals surface area contributed by atoms with Crippen molar-refractivity contribution in [2.45, 2.75) is 6.43 Å². The van der Waals surface area contributed by atoms with Crippen LogP contribution in [0.1, 0.15) is 17.6 Å². The van der Waals surface area contributed by atoms with Crippen LogP contribution in [0.4, 0.5) is 8.78 Å². The van der Waals surface area contributed by atoms with Gasteiger partial charge in [-0.1, -0.05) is 6.07 Å². The molecule has 0 aromatic heterocycles. The second-order valence-electron chi connectivity index (χ2n) is 3.65. The molecule has 0 unspecified atom stereocenters. The van der Waals surface area contributed by atoms with Gasteiger partial charge >= 0.3 is 0 Å². The number of hydrogen-bond donors (Lipinski definition) is 0. The summed E-state index contributed by atoms with van der Waals surface area (Å²) in [6, 6.07) is 4.30. The number of alkyl halides is 2. The van der Waals surface area contributed by atoms with E-state index in [4.69, 9.17) is 9.57 Å². The third-order valence-corrected chi connectivity index (χ3v) is 2.49. The lowest BCUT2D eigenvalue weighted by Crippen LogP contribution is -2.22. The van der Waals surface area contributed by atoms with E-state index in [1.165, 1.54) is 45.6 Å². The number of rotatable bonds is 5. The van der Waals surface area contributed by atoms with Gasteiger partial charge in [-0.15, -0.1) is 0 Å². The Balaban J connectivity index is 2.94. The summed E-state index contributed by atoms with van der Waals surface area (Å²) in [4.78, 5) is 16.1. The molecule has 4 nitrogen and oxygen atoms in total. The van der Waals surface area contributed by atoms with Crippen LogP contribution in [-0.4, -0.2) is 32.2 Å². The topological polar surface area (TPSA) is 38.8 Å². The first-order valence-electron chi connectivity index (χ1n) is 5.45. The molecule has 19 heavy (non-hydrogen) atoms. The van der Waals surface area contributed by atoms with Gasteiger partial charge in [0.05, 0.1) is 19.8 Å². The van der Waals surface area contributed by atoms with E-state index in [0.29, 0.717) is 5.56 Å². The number of hydroxylamine groups is 2. The lowest BCUT2D eigenvalue weighted by Gasteiger charge is -2.10. The van der Waals surface area contributed by atoms with Crippen LogP contribution in [0.3, 0.4) is 0 Å². The van der Waals surface area contributed by atoms with Gasteiger partial charge in [0.15, 0.2) is 0 Å². The van der Waals surface area contributed by atoms with E-state index in [1.54, 1.807) is 6.07 Å². The molecule has 1 amide bonds. The molecule has 6 heteroatoms. The molecule has 0 spiro atoms. The van der Waals surface area contributed by atoms with Gasteiger partial charge in [-0.2, -0.15) is 0 Å². The number of ether oxygens (including phenoxy) is 1. The Labute approximate surface area is 110 Å². The van der Waals surface area contributed by atoms with Crippen molar-refractivity contribution < 1.29 is 23.1 Å². The second-order valence-corrected chi connectivity index (χ2v) is 3.65. The van der Waals surface area contributed by atoms with Crippen LogP contribution in [0, 0.1) is 0 Å². The molecule has 0 atom stereocenters. The maximum absolute atomic E-state index is 12.8. The molecule has 0 bridgehead atoms. The van der Waals surface area contributed by atoms with Crippen LogP contribution >= 0.6 is 0 Å². The minimum Gasteiger partial charge on any atom is -0.496 e. The summed E-state index contributed by atoms with van der Waals surface area (Å²) in [5.41, 5.74) is 0.270. The predicted molar refractivity (Wildman–Crippen MR) is 66.8 cm³/mol. The Hall–Kier alpha value is -1.95. The lowest BCUT2D eigenvalue weighted by molar-refractivity contribution is -0.162. The summed E-state index contributed by atoms with van der Waals surface area (Å²) in [5.74, 6) is -0.274. The van der Waals surface area contributed by atoms with Crippen molar-refractivity contribution in [2.75, 3.05) is 21.3 Å². The molecular formula is C13H15F2NO3. The number of carbonyl (C=O) groups is 1. The number of hydrogen-bond acceptors (Lipinski definition) is 3. The highest BCUT2D eigenvalue weighted by Crippen LogP contribution is 2.30. The average Bonchev–Trinajstić information content (AvgIpc) is 2.43. The highest BCUT2D eigenvalue weighted by atomic mass is 19.3. The third-order valence-electron chi connectivity index (χ3n) is 2.49. The number of benzene rings is 1. The summed E-state index contributed by atoms with van der Waals surface area (Å²) < 4.78 is 30.4. The maximum atomic E-state index is 12.8. The van der Waals surface area contributed by atoms with Crippen molar-refractivity contribution in [1.82, 2.24) is 5.06 Å². The van der Waals surface area contributed by atoms with Crippen LogP contribution < -0.4 is 4.74 Å². The molecule has 0 fully saturated rings. The monoisotopic (exact) mass is 271 g/mol. The summed E-state index contributed by atoms with van der Waals surface area (Å²) >= 11 is 0. The fraction of sp³-hybridized carbons (Fsp3) is 0.308. The van der Waals surface area contributed by atoms with Gasteiger partial charge < -0.3 is 4.74 Å². The molecule has 0 heterocycles. The molecule has 0 aliphatic rings. The van der Waals surface area contributed by atoms with Gasteiger partial charge in [0.1, 0.15) is 5.75 Å². The quantitative estimate of drug-likeness (QED) is 0.610. The average molecular weight is 271 g/mol. The van der Waals surface area contributed by atoms with E-state index < -0.39 is 12.3 Å². The molecule has 1 rings (SSSR count). The van der Waals surface area contributed by atoms with Crippen LogP contribution in [0.25, 0.3) is 6.08 Å². The Morgan fingerprint density at radius 1 is 1.37 bits per heavy atom. The molecular weight excluding hydrogens is 256 g/mol. The summed E-state index contributed by atoms with van der Waals surface area (Å²) in [5, 5.41) is 1.02. The van der Waals surface area contributed by atoms with Crippen molar-refractivity contribution in [3.63, 3.8) is 0 Å². The Bertz CT molecular complexity index is 475. The van der Waals surface area contributed by atoms with Crippen molar-refractivity contribution in [3.8, 4) is 5.75 Å². The van der Waals surface area contributed by atoms with Crippen LogP contribution in [0.15, 0.2) is 24.3 Å². The standard InChI is InChI=1S/C13H15F2NO3/c1-16(19-3)12(17)7-5-9-4-6-11(18-2)10(8-9)13(14)15/h4-8,13H,1-3H3/b7-5+. The number of amides is 1. The molecule has 0 saturated carbocycles. The van der Waals surface area contributed by atoms with E-state index in [0.717, 1.165) is 5.06 Å². The minimum atomic E-state index is -2.64. The fourth-order valence-corrected chi connectivity index (χ4v) is 1.39. The van der Waals surface area contributed by atoms with Crippen molar-refractivity contribution in [2.24, 2.45) is 0 Å². The normalized spacial score (nSPS) is 11.1. The molecule has 0 saturated heterocycles. The zero-order valence-electron chi connectivity index (χ0n) is 10.9. The van der Waals surface area contributed by atoms with E-state index in [1.807, 2.05) is 0 Å². The summed E-state index contributed by atoms with van der Waals surface area (Å²) in [7, 11) is 4.13. The van der Waals surface area contributed by atoms with E-state index in [2.05, 4.69) is 0 Å². The van der Waals surface area contributed by atoms with Crippen molar-refractivity contribution >= 4 is 12.0 Å². The zero-order valence-corrected chi connectivity index (χ0v) is 10.9. The lowest BCUT2D eigenvalue weighted by atomic mass is 10.1. The van der Waals surface area contributed by atoms with Gasteiger partial charge in [0, 0.05) is 13.1 Å². The second kappa shape index (κ2) is 6.84. The first-order chi connectivity index (χ1) is 8.99. The SMILES string of the molecule is COc1ccc(/C=C/C(=O)N(C)OC)cc1C(F)F. The van der Waals surface area contributed by atoms with E-state index >= 15 is 0 Å². The van der Waals surface area contributed by atoms with Gasteiger partial charge in [-0.25, -0.2) is 13.8 Å². The Morgan fingerprint density at radius 3 is 2.58 bits per heavy atom.